The Labute approximate surface area is 164 Å². The Balaban J connectivity index is 1.78. The van der Waals surface area contributed by atoms with Crippen molar-refractivity contribution in [2.24, 2.45) is 0 Å². The number of aryl methyl sites for hydroxylation is 3. The molecule has 3 aromatic rings. The van der Waals surface area contributed by atoms with Gasteiger partial charge < -0.3 is 4.57 Å². The molecule has 0 saturated carbocycles. The second kappa shape index (κ2) is 6.44. The van der Waals surface area contributed by atoms with E-state index >= 15 is 0 Å². The summed E-state index contributed by atoms with van der Waals surface area (Å²) in [7, 11) is -3.76. The first-order valence-corrected chi connectivity index (χ1v) is 10.6. The molecule has 0 amide bonds. The minimum absolute atomic E-state index is 0.0623. The van der Waals surface area contributed by atoms with E-state index in [1.165, 1.54) is 16.4 Å². The number of nitrogens with zero attached hydrogens (tertiary/aromatic N) is 3. The molecule has 0 N–H and O–H groups in total. The number of anilines is 1. The van der Waals surface area contributed by atoms with Gasteiger partial charge >= 0.3 is 0 Å². The third kappa shape index (κ3) is 2.90. The molecule has 2 heterocycles. The van der Waals surface area contributed by atoms with Gasteiger partial charge in [-0.05, 0) is 67.8 Å². The van der Waals surface area contributed by atoms with E-state index in [1.54, 1.807) is 32.3 Å². The maximum absolute atomic E-state index is 13.8. The summed E-state index contributed by atoms with van der Waals surface area (Å²) in [5.41, 5.74) is 4.37. The maximum atomic E-state index is 13.8. The van der Waals surface area contributed by atoms with Gasteiger partial charge in [-0.15, -0.1) is 0 Å². The van der Waals surface area contributed by atoms with Crippen molar-refractivity contribution < 1.29 is 12.8 Å². The molecule has 0 spiro atoms. The lowest BCUT2D eigenvalue weighted by Crippen LogP contribution is -2.30. The zero-order valence-electron chi connectivity index (χ0n) is 16.3. The van der Waals surface area contributed by atoms with E-state index in [1.807, 2.05) is 30.7 Å². The Morgan fingerprint density at radius 1 is 1.11 bits per heavy atom. The van der Waals surface area contributed by atoms with Crippen molar-refractivity contribution >= 4 is 15.7 Å². The van der Waals surface area contributed by atoms with Gasteiger partial charge in [0.15, 0.2) is 0 Å². The fourth-order valence-electron chi connectivity index (χ4n) is 3.90. The summed E-state index contributed by atoms with van der Waals surface area (Å²) in [6, 6.07) is 8.08. The zero-order chi connectivity index (χ0) is 20.2. The lowest BCUT2D eigenvalue weighted by atomic mass is 10.0. The quantitative estimate of drug-likeness (QED) is 0.662. The van der Waals surface area contributed by atoms with E-state index in [0.717, 1.165) is 16.9 Å². The molecule has 28 heavy (non-hydrogen) atoms. The molecule has 2 aromatic carbocycles. The first-order valence-electron chi connectivity index (χ1n) is 9.13. The molecule has 1 aromatic heterocycles. The normalized spacial score (nSPS) is 16.5. The second-order valence-corrected chi connectivity index (χ2v) is 9.30. The van der Waals surface area contributed by atoms with Crippen molar-refractivity contribution in [2.45, 2.75) is 38.5 Å². The molecule has 7 heteroatoms. The predicted molar refractivity (Wildman–Crippen MR) is 107 cm³/mol. The number of imidazole rings is 1. The monoisotopic (exact) mass is 399 g/mol. The molecule has 5 nitrogen and oxygen atoms in total. The lowest BCUT2D eigenvalue weighted by molar-refractivity contribution is 0.589. The van der Waals surface area contributed by atoms with E-state index in [-0.39, 0.29) is 16.6 Å². The number of fused-ring (bicyclic) bond motifs is 1. The van der Waals surface area contributed by atoms with Crippen molar-refractivity contribution in [3.8, 4) is 5.69 Å². The molecule has 1 aliphatic heterocycles. The summed E-state index contributed by atoms with van der Waals surface area (Å²) >= 11 is 0. The Kier molecular flexibility index (Phi) is 4.30. The molecule has 1 aliphatic rings. The number of aromatic nitrogens is 2. The number of hydrogen-bond donors (Lipinski definition) is 0. The van der Waals surface area contributed by atoms with Crippen LogP contribution in [0.3, 0.4) is 0 Å². The van der Waals surface area contributed by atoms with Crippen LogP contribution < -0.4 is 4.31 Å². The van der Waals surface area contributed by atoms with E-state index in [9.17, 15) is 12.8 Å². The van der Waals surface area contributed by atoms with Crippen molar-refractivity contribution in [3.63, 3.8) is 0 Å². The Morgan fingerprint density at radius 2 is 1.86 bits per heavy atom. The topological polar surface area (TPSA) is 55.2 Å². The number of halogens is 1. The first kappa shape index (κ1) is 18.7. The molecule has 0 aliphatic carbocycles. The molecule has 0 saturated heterocycles. The molecule has 0 fully saturated rings. The minimum Gasteiger partial charge on any atom is -0.306 e. The van der Waals surface area contributed by atoms with Gasteiger partial charge in [0.05, 0.1) is 22.6 Å². The first-order chi connectivity index (χ1) is 13.2. The SMILES string of the molecule is Cc1cn(-c2ccc(S(=O)(=O)N3C[C@@H](C)c4cc(F)cc(C)c43)c(C)c2)cn1. The molecule has 0 radical (unpaired) electrons. The summed E-state index contributed by atoms with van der Waals surface area (Å²) in [6.07, 6.45) is 3.59. The molecule has 1 atom stereocenters. The van der Waals surface area contributed by atoms with Gasteiger partial charge in [0.2, 0.25) is 0 Å². The molecule has 4 rings (SSSR count). The van der Waals surface area contributed by atoms with E-state index in [2.05, 4.69) is 4.98 Å². The van der Waals surface area contributed by atoms with Crippen molar-refractivity contribution in [3.05, 3.63) is 71.1 Å². The highest BCUT2D eigenvalue weighted by Gasteiger charge is 2.37. The van der Waals surface area contributed by atoms with Crippen LogP contribution in [0.2, 0.25) is 0 Å². The maximum Gasteiger partial charge on any atom is 0.264 e. The Morgan fingerprint density at radius 3 is 2.50 bits per heavy atom. The largest absolute Gasteiger partial charge is 0.306 e. The second-order valence-electron chi connectivity index (χ2n) is 7.47. The zero-order valence-corrected chi connectivity index (χ0v) is 17.1. The van der Waals surface area contributed by atoms with Gasteiger partial charge in [-0.3, -0.25) is 4.31 Å². The van der Waals surface area contributed by atoms with Gasteiger partial charge in [-0.2, -0.15) is 0 Å². The van der Waals surface area contributed by atoms with E-state index in [4.69, 9.17) is 0 Å². The number of rotatable bonds is 3. The van der Waals surface area contributed by atoms with Crippen LogP contribution in [0.15, 0.2) is 47.8 Å². The average Bonchev–Trinajstić information content (AvgIpc) is 3.19. The van der Waals surface area contributed by atoms with Crippen LogP contribution in [0.25, 0.3) is 5.69 Å². The highest BCUT2D eigenvalue weighted by Crippen LogP contribution is 2.42. The lowest BCUT2D eigenvalue weighted by Gasteiger charge is -2.23. The fourth-order valence-corrected chi connectivity index (χ4v) is 5.75. The van der Waals surface area contributed by atoms with Crippen LogP contribution in [0.5, 0.6) is 0 Å². The van der Waals surface area contributed by atoms with Gasteiger partial charge in [0, 0.05) is 24.3 Å². The van der Waals surface area contributed by atoms with Crippen LogP contribution in [-0.2, 0) is 10.0 Å². The van der Waals surface area contributed by atoms with Gasteiger partial charge in [-0.1, -0.05) is 6.92 Å². The summed E-state index contributed by atoms with van der Waals surface area (Å²) in [5.74, 6) is -0.397. The average molecular weight is 399 g/mol. The standard InChI is InChI=1S/C21H22FN3O2S/c1-13-8-18(24-11-16(4)23-12-24)5-6-20(13)28(26,27)25-10-15(3)19-9-17(22)7-14(2)21(19)25/h5-9,11-12,15H,10H2,1-4H3/t15-/m1/s1. The van der Waals surface area contributed by atoms with Gasteiger partial charge in [0.1, 0.15) is 5.82 Å². The summed E-state index contributed by atoms with van der Waals surface area (Å²) in [4.78, 5) is 4.47. The van der Waals surface area contributed by atoms with Crippen LogP contribution in [0.4, 0.5) is 10.1 Å². The van der Waals surface area contributed by atoms with Gasteiger partial charge in [-0.25, -0.2) is 17.8 Å². The molecule has 0 unspecified atom stereocenters. The van der Waals surface area contributed by atoms with Gasteiger partial charge in [0.25, 0.3) is 10.0 Å². The highest BCUT2D eigenvalue weighted by atomic mass is 32.2. The molecular formula is C21H22FN3O2S. The summed E-state index contributed by atoms with van der Waals surface area (Å²) in [5, 5.41) is 0. The van der Waals surface area contributed by atoms with Crippen molar-refractivity contribution in [1.82, 2.24) is 9.55 Å². The minimum atomic E-state index is -3.76. The van der Waals surface area contributed by atoms with Crippen LogP contribution in [-0.4, -0.2) is 24.5 Å². The van der Waals surface area contributed by atoms with E-state index in [0.29, 0.717) is 23.4 Å². The van der Waals surface area contributed by atoms with Crippen LogP contribution in [0.1, 0.15) is 35.2 Å². The fraction of sp³-hybridized carbons (Fsp3) is 0.286. The Hall–Kier alpha value is -2.67. The smallest absolute Gasteiger partial charge is 0.264 e. The Bertz CT molecular complexity index is 1180. The third-order valence-electron chi connectivity index (χ3n) is 5.25. The third-order valence-corrected chi connectivity index (χ3v) is 7.18. The highest BCUT2D eigenvalue weighted by molar-refractivity contribution is 7.93. The van der Waals surface area contributed by atoms with E-state index < -0.39 is 10.0 Å². The van der Waals surface area contributed by atoms with Crippen molar-refractivity contribution in [1.29, 1.82) is 0 Å². The predicted octanol–water partition coefficient (Wildman–Crippen LogP) is 4.25. The summed E-state index contributed by atoms with van der Waals surface area (Å²) < 4.78 is 44.1. The molecular weight excluding hydrogens is 377 g/mol. The molecule has 146 valence electrons. The summed E-state index contributed by atoms with van der Waals surface area (Å²) in [6.45, 7) is 7.67. The van der Waals surface area contributed by atoms with Crippen LogP contribution in [0, 0.1) is 26.6 Å². The molecule has 0 bridgehead atoms. The number of sulfonamides is 1. The number of hydrogen-bond acceptors (Lipinski definition) is 3. The van der Waals surface area contributed by atoms with Crippen LogP contribution >= 0.6 is 0 Å². The van der Waals surface area contributed by atoms with Crippen molar-refractivity contribution in [2.75, 3.05) is 10.8 Å². The number of benzene rings is 2.